The van der Waals surface area contributed by atoms with Crippen molar-refractivity contribution in [3.63, 3.8) is 0 Å². The van der Waals surface area contributed by atoms with Crippen molar-refractivity contribution in [2.45, 2.75) is 25.7 Å². The lowest BCUT2D eigenvalue weighted by Gasteiger charge is -2.27. The Kier molecular flexibility index (Phi) is 4.29. The van der Waals surface area contributed by atoms with Crippen LogP contribution in [-0.2, 0) is 26.7 Å². The molecule has 1 atom stereocenters. The molecule has 1 N–H and O–H groups in total. The quantitative estimate of drug-likeness (QED) is 0.774. The molecular weight excluding hydrogens is 340 g/mol. The van der Waals surface area contributed by atoms with Gasteiger partial charge in [-0.05, 0) is 29.8 Å². The van der Waals surface area contributed by atoms with Gasteiger partial charge in [-0.15, -0.1) is 0 Å². The summed E-state index contributed by atoms with van der Waals surface area (Å²) in [5.41, 5.74) is 2.97. The number of fused-ring (bicyclic) bond motifs is 1. The number of nitrogens with zero attached hydrogens (tertiary/aromatic N) is 5. The molecule has 26 heavy (non-hydrogen) atoms. The normalized spacial score (nSPS) is 15.8. The topological polar surface area (TPSA) is 59.1 Å². The molecule has 6 nitrogen and oxygen atoms in total. The predicted octanol–water partition coefficient (Wildman–Crippen LogP) is 1.99. The summed E-state index contributed by atoms with van der Waals surface area (Å²) in [5, 5.41) is 19.1. The molecule has 0 saturated heterocycles. The molecule has 1 aliphatic heterocycles. The Morgan fingerprint density at radius 3 is 2.73 bits per heavy atom. The molecule has 0 bridgehead atoms. The summed E-state index contributed by atoms with van der Waals surface area (Å²) < 4.78 is 30.0. The fraction of sp³-hybridized carbons (Fsp3) is 0.333. The fourth-order valence-corrected chi connectivity index (χ4v) is 3.31. The van der Waals surface area contributed by atoms with E-state index in [-0.39, 0.29) is 0 Å². The molecule has 8 heteroatoms. The van der Waals surface area contributed by atoms with Gasteiger partial charge in [0, 0.05) is 32.9 Å². The van der Waals surface area contributed by atoms with Crippen LogP contribution in [0.4, 0.5) is 8.78 Å². The van der Waals surface area contributed by atoms with Crippen LogP contribution in [0.3, 0.4) is 0 Å². The van der Waals surface area contributed by atoms with Crippen molar-refractivity contribution in [3.05, 3.63) is 70.8 Å². The van der Waals surface area contributed by atoms with Gasteiger partial charge in [0.05, 0.1) is 23.6 Å². The zero-order chi connectivity index (χ0) is 18.3. The molecule has 3 aromatic rings. The van der Waals surface area contributed by atoms with Crippen LogP contribution in [0.15, 0.2) is 36.5 Å². The maximum Gasteiger partial charge on any atom is 0.159 e. The lowest BCUT2D eigenvalue weighted by molar-refractivity contribution is 0.196. The van der Waals surface area contributed by atoms with Crippen LogP contribution in [-0.4, -0.2) is 36.1 Å². The van der Waals surface area contributed by atoms with Crippen molar-refractivity contribution >= 4 is 0 Å². The molecule has 136 valence electrons. The molecule has 4 rings (SSSR count). The zero-order valence-corrected chi connectivity index (χ0v) is 14.3. The van der Waals surface area contributed by atoms with Gasteiger partial charge in [-0.2, -0.15) is 10.2 Å². The molecule has 0 fully saturated rings. The molecule has 0 spiro atoms. The number of hydrogen-bond acceptors (Lipinski definition) is 4. The second kappa shape index (κ2) is 6.62. The number of aliphatic hydroxyl groups excluding tert-OH is 1. The third kappa shape index (κ3) is 3.13. The van der Waals surface area contributed by atoms with E-state index in [1.165, 1.54) is 6.07 Å². The Hall–Kier alpha value is -2.58. The zero-order valence-electron chi connectivity index (χ0n) is 14.3. The smallest absolute Gasteiger partial charge is 0.159 e. The fourth-order valence-electron chi connectivity index (χ4n) is 3.31. The van der Waals surface area contributed by atoms with Crippen molar-refractivity contribution in [1.29, 1.82) is 0 Å². The van der Waals surface area contributed by atoms with E-state index in [0.717, 1.165) is 23.9 Å². The molecule has 1 unspecified atom stereocenters. The largest absolute Gasteiger partial charge is 0.380 e. The van der Waals surface area contributed by atoms with Gasteiger partial charge in [0.15, 0.2) is 11.6 Å². The van der Waals surface area contributed by atoms with Crippen LogP contribution >= 0.6 is 0 Å². The van der Waals surface area contributed by atoms with E-state index in [4.69, 9.17) is 0 Å². The van der Waals surface area contributed by atoms with Gasteiger partial charge < -0.3 is 5.11 Å². The Balaban J connectivity index is 1.49. The monoisotopic (exact) mass is 359 g/mol. The lowest BCUT2D eigenvalue weighted by Crippen LogP contribution is -2.33. The van der Waals surface area contributed by atoms with E-state index in [2.05, 4.69) is 15.1 Å². The number of aliphatic hydroxyl groups is 1. The van der Waals surface area contributed by atoms with E-state index >= 15 is 0 Å². The molecule has 3 heterocycles. The van der Waals surface area contributed by atoms with Crippen molar-refractivity contribution in [3.8, 4) is 0 Å². The first-order valence-electron chi connectivity index (χ1n) is 8.40. The molecule has 0 amide bonds. The molecule has 2 aromatic heterocycles. The average molecular weight is 359 g/mol. The molecule has 1 aromatic carbocycles. The van der Waals surface area contributed by atoms with Gasteiger partial charge in [0.2, 0.25) is 0 Å². The van der Waals surface area contributed by atoms with Crippen LogP contribution in [0.5, 0.6) is 0 Å². The summed E-state index contributed by atoms with van der Waals surface area (Å²) >= 11 is 0. The van der Waals surface area contributed by atoms with Gasteiger partial charge in [0.25, 0.3) is 0 Å². The second-order valence-corrected chi connectivity index (χ2v) is 6.53. The van der Waals surface area contributed by atoms with Crippen molar-refractivity contribution in [2.75, 3.05) is 6.54 Å². The minimum absolute atomic E-state index is 0.530. The van der Waals surface area contributed by atoms with Gasteiger partial charge in [-0.25, -0.2) is 8.78 Å². The molecule has 0 aliphatic carbocycles. The maximum atomic E-state index is 13.4. The molecule has 1 aliphatic rings. The average Bonchev–Trinajstić information content (AvgIpc) is 3.23. The highest BCUT2D eigenvalue weighted by Crippen LogP contribution is 2.24. The number of halogens is 2. The minimum Gasteiger partial charge on any atom is -0.380 e. The Morgan fingerprint density at radius 2 is 2.00 bits per heavy atom. The highest BCUT2D eigenvalue weighted by atomic mass is 19.2. The number of rotatable bonds is 4. The highest BCUT2D eigenvalue weighted by molar-refractivity contribution is 5.22. The summed E-state index contributed by atoms with van der Waals surface area (Å²) in [5.74, 6) is -1.66. The number of aryl methyl sites for hydroxylation is 1. The Morgan fingerprint density at radius 1 is 1.15 bits per heavy atom. The SMILES string of the molecule is Cn1nccc1C(O)c1cc2n(n1)CCN(Cc1ccc(F)c(F)c1)C2. The highest BCUT2D eigenvalue weighted by Gasteiger charge is 2.23. The summed E-state index contributed by atoms with van der Waals surface area (Å²) in [6, 6.07) is 7.63. The predicted molar refractivity (Wildman–Crippen MR) is 90.0 cm³/mol. The van der Waals surface area contributed by atoms with Crippen LogP contribution in [0.25, 0.3) is 0 Å². The minimum atomic E-state index is -0.834. The second-order valence-electron chi connectivity index (χ2n) is 6.53. The summed E-state index contributed by atoms with van der Waals surface area (Å²) in [6.07, 6.45) is 0.804. The first kappa shape index (κ1) is 16.9. The summed E-state index contributed by atoms with van der Waals surface area (Å²) in [4.78, 5) is 2.14. The summed E-state index contributed by atoms with van der Waals surface area (Å²) in [7, 11) is 1.78. The Bertz CT molecular complexity index is 936. The number of hydrogen-bond donors (Lipinski definition) is 1. The van der Waals surface area contributed by atoms with Gasteiger partial charge in [0.1, 0.15) is 6.10 Å². The third-order valence-corrected chi connectivity index (χ3v) is 4.71. The van der Waals surface area contributed by atoms with E-state index < -0.39 is 17.7 Å². The lowest BCUT2D eigenvalue weighted by atomic mass is 10.1. The summed E-state index contributed by atoms with van der Waals surface area (Å²) in [6.45, 7) is 2.58. The number of benzene rings is 1. The van der Waals surface area contributed by atoms with Gasteiger partial charge >= 0.3 is 0 Å². The first-order valence-corrected chi connectivity index (χ1v) is 8.40. The standard InChI is InChI=1S/C18H19F2N5O/c1-23-17(4-5-21-23)18(26)16-9-13-11-24(6-7-25(13)22-16)10-12-2-3-14(19)15(20)8-12/h2-5,8-9,18,26H,6-7,10-11H2,1H3. The van der Waals surface area contributed by atoms with E-state index in [9.17, 15) is 13.9 Å². The third-order valence-electron chi connectivity index (χ3n) is 4.71. The number of aromatic nitrogens is 4. The van der Waals surface area contributed by atoms with Gasteiger partial charge in [-0.1, -0.05) is 6.07 Å². The van der Waals surface area contributed by atoms with E-state index in [1.807, 2.05) is 10.7 Å². The van der Waals surface area contributed by atoms with Gasteiger partial charge in [-0.3, -0.25) is 14.3 Å². The van der Waals surface area contributed by atoms with Crippen LogP contribution in [0, 0.1) is 11.6 Å². The molecular formula is C18H19F2N5O. The molecule has 0 radical (unpaired) electrons. The molecule has 0 saturated carbocycles. The maximum absolute atomic E-state index is 13.4. The van der Waals surface area contributed by atoms with Crippen LogP contribution < -0.4 is 0 Å². The van der Waals surface area contributed by atoms with Crippen LogP contribution in [0.2, 0.25) is 0 Å². The van der Waals surface area contributed by atoms with E-state index in [0.29, 0.717) is 31.0 Å². The first-order chi connectivity index (χ1) is 12.5. The van der Waals surface area contributed by atoms with Crippen molar-refractivity contribution < 1.29 is 13.9 Å². The van der Waals surface area contributed by atoms with Crippen molar-refractivity contribution in [1.82, 2.24) is 24.5 Å². The Labute approximate surface area is 149 Å². The van der Waals surface area contributed by atoms with E-state index in [1.54, 1.807) is 30.1 Å². The van der Waals surface area contributed by atoms with Crippen molar-refractivity contribution in [2.24, 2.45) is 7.05 Å². The van der Waals surface area contributed by atoms with Crippen LogP contribution in [0.1, 0.15) is 28.7 Å².